The number of imidazole rings is 1. The van der Waals surface area contributed by atoms with Crippen LogP contribution in [0.1, 0.15) is 29.6 Å². The normalized spacial score (nSPS) is 14.7. The number of aromatic nitrogens is 4. The molecule has 476 valence electrons. The quantitative estimate of drug-likeness (QED) is 0.0222. The Morgan fingerprint density at radius 2 is 1.09 bits per heavy atom. The number of nitrogens with zero attached hydrogens (tertiary/aromatic N) is 7. The summed E-state index contributed by atoms with van der Waals surface area (Å²) in [5, 5.41) is 51.7. The number of ether oxygens (including phenoxy) is 3. The van der Waals surface area contributed by atoms with Gasteiger partial charge >= 0.3 is 49.7 Å². The Hall–Kier alpha value is -6.63. The van der Waals surface area contributed by atoms with E-state index in [9.17, 15) is 66.0 Å². The Morgan fingerprint density at radius 1 is 0.591 bits per heavy atom. The molecule has 1 aliphatic rings. The molecule has 0 spiro atoms. The van der Waals surface area contributed by atoms with E-state index in [1.807, 2.05) is 4.90 Å². The SMILES string of the molecule is O=C(O)CN1CCN(CC(=O)O)CCN(CC(=O)NCCCOCCOCCOCCCNS(=O)(=O)c2ccc(-c3ccc(S(=O)(=O)NC(CNC(=O)c4ccc5c(cnn5CCCNc5ncc[nH]5)c4)C(=O)O)cc3)cc2)CCN(CC(=O)O)CC1.[111In+3]. The number of aryl methyl sites for hydroxylation is 1. The van der Waals surface area contributed by atoms with Crippen LogP contribution in [0, 0.1) is 0 Å². The molecule has 2 aromatic heterocycles. The number of anilines is 1. The van der Waals surface area contributed by atoms with Gasteiger partial charge < -0.3 is 55.6 Å². The van der Waals surface area contributed by atoms with Crippen LogP contribution in [0.2, 0.25) is 0 Å². The van der Waals surface area contributed by atoms with E-state index in [-0.39, 0.29) is 126 Å². The van der Waals surface area contributed by atoms with Crippen molar-refractivity contribution in [3.05, 3.63) is 90.9 Å². The minimum absolute atomic E-state index is 0. The summed E-state index contributed by atoms with van der Waals surface area (Å²) >= 11 is 0. The number of carboxylic acid groups (broad SMARTS) is 4. The molecule has 6 rings (SSSR count). The molecule has 0 aliphatic carbocycles. The molecule has 3 heterocycles. The Balaban J connectivity index is 0.0000141. The molecular formula is C55H77InN13O17S2+3. The number of aliphatic carboxylic acids is 4. The Labute approximate surface area is 528 Å². The van der Waals surface area contributed by atoms with Crippen molar-refractivity contribution in [3.63, 3.8) is 0 Å². The number of rotatable bonds is 37. The number of hydrogen-bond donors (Lipinski definition) is 10. The second kappa shape index (κ2) is 37.4. The van der Waals surface area contributed by atoms with Crippen LogP contribution in [0.3, 0.4) is 0 Å². The molecule has 88 heavy (non-hydrogen) atoms. The van der Waals surface area contributed by atoms with Crippen LogP contribution in [0.4, 0.5) is 5.95 Å². The van der Waals surface area contributed by atoms with Crippen LogP contribution in [-0.4, -0.2) is 289 Å². The number of sulfonamides is 2. The topological polar surface area (TPSA) is 399 Å². The summed E-state index contributed by atoms with van der Waals surface area (Å²) < 4.78 is 75.9. The average molecular weight is 1370 g/mol. The van der Waals surface area contributed by atoms with Crippen LogP contribution in [0.15, 0.2) is 95.1 Å². The third kappa shape index (κ3) is 25.5. The van der Waals surface area contributed by atoms with E-state index < -0.39 is 62.4 Å². The first-order valence-corrected chi connectivity index (χ1v) is 31.2. The zero-order valence-electron chi connectivity index (χ0n) is 48.7. The van der Waals surface area contributed by atoms with Gasteiger partial charge in [0.2, 0.25) is 26.0 Å². The summed E-state index contributed by atoms with van der Waals surface area (Å²) in [4.78, 5) is 86.4. The molecular weight excluding hydrogens is 1290 g/mol. The third-order valence-electron chi connectivity index (χ3n) is 13.6. The number of aromatic amines is 1. The maximum Gasteiger partial charge on any atom is 3.00 e. The molecule has 1 aliphatic heterocycles. The molecule has 30 nitrogen and oxygen atoms in total. The number of carboxylic acids is 4. The fourth-order valence-corrected chi connectivity index (χ4v) is 11.3. The van der Waals surface area contributed by atoms with E-state index in [4.69, 9.17) is 14.2 Å². The molecule has 0 saturated carbocycles. The first-order valence-electron chi connectivity index (χ1n) is 28.2. The number of amides is 2. The van der Waals surface area contributed by atoms with Crippen LogP contribution >= 0.6 is 0 Å². The van der Waals surface area contributed by atoms with Gasteiger partial charge in [-0.1, -0.05) is 24.3 Å². The molecule has 5 aromatic rings. The van der Waals surface area contributed by atoms with Gasteiger partial charge in [-0.05, 0) is 72.9 Å². The fraction of sp³-hybridized carbons (Fsp3) is 0.491. The van der Waals surface area contributed by atoms with Gasteiger partial charge in [0.25, 0.3) is 5.91 Å². The molecule has 1 saturated heterocycles. The van der Waals surface area contributed by atoms with Crippen molar-refractivity contribution in [3.8, 4) is 11.1 Å². The van der Waals surface area contributed by atoms with Crippen molar-refractivity contribution in [2.45, 2.75) is 41.6 Å². The van der Waals surface area contributed by atoms with Gasteiger partial charge in [0, 0.05) is 122 Å². The number of nitrogens with one attached hydrogen (secondary N) is 6. The van der Waals surface area contributed by atoms with Crippen LogP contribution in [0.5, 0.6) is 0 Å². The van der Waals surface area contributed by atoms with Crippen LogP contribution in [-0.2, 0) is 64.8 Å². The predicted octanol–water partition coefficient (Wildman–Crippen LogP) is -0.591. The number of H-pyrrole nitrogens is 1. The van der Waals surface area contributed by atoms with Crippen molar-refractivity contribution < 1.29 is 80.2 Å². The minimum Gasteiger partial charge on any atom is -0.480 e. The summed E-state index contributed by atoms with van der Waals surface area (Å²) in [6, 6.07) is 14.7. The summed E-state index contributed by atoms with van der Waals surface area (Å²) in [5.41, 5.74) is 2.17. The van der Waals surface area contributed by atoms with E-state index >= 15 is 0 Å². The number of benzene rings is 3. The van der Waals surface area contributed by atoms with Gasteiger partial charge in [-0.3, -0.25) is 53.0 Å². The monoisotopic (exact) mass is 1370 g/mol. The van der Waals surface area contributed by atoms with Gasteiger partial charge in [0.05, 0.1) is 74.1 Å². The second-order valence-corrected chi connectivity index (χ2v) is 23.7. The first kappa shape index (κ1) is 72.1. The van der Waals surface area contributed by atoms with Crippen LogP contribution < -0.4 is 25.4 Å². The Kier molecular flexibility index (Phi) is 30.6. The molecule has 33 heteroatoms. The molecule has 1 unspecified atom stereocenters. The number of hydrogen-bond acceptors (Lipinski definition) is 20. The van der Waals surface area contributed by atoms with Crippen molar-refractivity contribution in [2.24, 2.45) is 0 Å². The smallest absolute Gasteiger partial charge is 0.480 e. The standard InChI is InChI=1S/C55H77N13O17S2.In/c69-49(37-64-20-22-65(38-50(70)71)24-26-67(40-52(74)75)27-25-66(23-21-64)39-51(72)73)56-15-2-28-83-30-32-85-33-31-84-29-3-16-62-86(79,80)45-9-4-41(5-10-45)42-6-11-46(12-7-42)87(81,82)63-47(54(77)78)36-60-53(76)43-8-13-48-44(34-43)35-61-68(48)19-1-14-57-55-58-17-18-59-55;/h4-13,17-18,34-35,47,62-63H,1-3,14-16,19-33,36-40H2,(H,56,69)(H,60,76)(H,70,71)(H,72,73)(H,74,75)(H,77,78)(H2,57,58,59);/q;+3/i;1-4. The summed E-state index contributed by atoms with van der Waals surface area (Å²) in [7, 11) is -8.25. The molecule has 0 radical (unpaired) electrons. The second-order valence-electron chi connectivity index (χ2n) is 20.2. The number of fused-ring (bicyclic) bond motifs is 1. The predicted molar refractivity (Wildman–Crippen MR) is 322 cm³/mol. The van der Waals surface area contributed by atoms with Crippen molar-refractivity contribution >= 4 is 98.4 Å². The molecule has 2 amide bonds. The van der Waals surface area contributed by atoms with Gasteiger partial charge in [-0.15, -0.1) is 0 Å². The zero-order valence-corrected chi connectivity index (χ0v) is 53.6. The van der Waals surface area contributed by atoms with E-state index in [2.05, 4.69) is 40.5 Å². The summed E-state index contributed by atoms with van der Waals surface area (Å²) in [6.45, 7) is 4.51. The van der Waals surface area contributed by atoms with Gasteiger partial charge in [0.15, 0.2) is 5.95 Å². The van der Waals surface area contributed by atoms with E-state index in [1.165, 1.54) is 36.4 Å². The largest absolute Gasteiger partial charge is 3.00 e. The van der Waals surface area contributed by atoms with Crippen LogP contribution in [0.25, 0.3) is 22.0 Å². The molecule has 10 N–H and O–H groups in total. The van der Waals surface area contributed by atoms with Crippen molar-refractivity contribution in [1.82, 2.24) is 59.4 Å². The average Bonchev–Trinajstić information content (AvgIpc) is 2.50. The number of carbonyl (C=O) groups is 6. The maximum atomic E-state index is 13.3. The van der Waals surface area contributed by atoms with E-state index in [0.717, 1.165) is 11.9 Å². The van der Waals surface area contributed by atoms with E-state index in [0.29, 0.717) is 101 Å². The minimum atomic E-state index is -4.38. The van der Waals surface area contributed by atoms with Gasteiger partial charge in [-0.2, -0.15) is 9.82 Å². The zero-order chi connectivity index (χ0) is 62.6. The molecule has 1 atom stereocenters. The van der Waals surface area contributed by atoms with Crippen molar-refractivity contribution in [1.29, 1.82) is 0 Å². The van der Waals surface area contributed by atoms with Gasteiger partial charge in [-0.25, -0.2) is 26.5 Å². The third-order valence-corrected chi connectivity index (χ3v) is 16.6. The first-order chi connectivity index (χ1) is 41.7. The molecule has 3 aromatic carbocycles. The Bertz CT molecular complexity index is 3200. The number of carbonyl (C=O) groups excluding carboxylic acids is 2. The van der Waals surface area contributed by atoms with Crippen molar-refractivity contribution in [2.75, 3.05) is 150 Å². The van der Waals surface area contributed by atoms with E-state index in [1.54, 1.807) is 68.3 Å². The summed E-state index contributed by atoms with van der Waals surface area (Å²) in [6.07, 6.45) is 6.64. The Morgan fingerprint density at radius 3 is 1.59 bits per heavy atom. The van der Waals surface area contributed by atoms with Gasteiger partial charge in [0.1, 0.15) is 6.04 Å². The maximum absolute atomic E-state index is 13.3. The molecule has 1 fully saturated rings. The summed E-state index contributed by atoms with van der Waals surface area (Å²) in [5.74, 6) is -4.82. The molecule has 0 bridgehead atoms. The fourth-order valence-electron chi connectivity index (χ4n) is 9.04.